The number of amides is 1. The van der Waals surface area contributed by atoms with Crippen molar-refractivity contribution in [1.29, 1.82) is 0 Å². The highest BCUT2D eigenvalue weighted by molar-refractivity contribution is 5.80. The van der Waals surface area contributed by atoms with Crippen molar-refractivity contribution in [3.8, 4) is 0 Å². The molecular weight excluding hydrogens is 238 g/mol. The van der Waals surface area contributed by atoms with Crippen LogP contribution in [0.15, 0.2) is 18.2 Å². The molecule has 0 atom stereocenters. The predicted octanol–water partition coefficient (Wildman–Crippen LogP) is 1.66. The number of nitrogens with zero attached hydrogens (tertiary/aromatic N) is 1. The zero-order valence-corrected chi connectivity index (χ0v) is 12.4. The first-order chi connectivity index (χ1) is 8.93. The average molecular weight is 263 g/mol. The summed E-state index contributed by atoms with van der Waals surface area (Å²) in [5.74, 6) is 0.190. The summed E-state index contributed by atoms with van der Waals surface area (Å²) in [5, 5.41) is 3.14. The molecule has 0 aliphatic carbocycles. The van der Waals surface area contributed by atoms with Crippen LogP contribution in [-0.2, 0) is 11.3 Å². The van der Waals surface area contributed by atoms with E-state index in [-0.39, 0.29) is 12.5 Å². The van der Waals surface area contributed by atoms with Crippen LogP contribution in [0.25, 0.3) is 0 Å². The second-order valence-electron chi connectivity index (χ2n) is 5.39. The molecule has 0 heterocycles. The maximum absolute atomic E-state index is 11.2. The van der Waals surface area contributed by atoms with E-state index in [4.69, 9.17) is 5.73 Å². The van der Waals surface area contributed by atoms with Gasteiger partial charge < -0.3 is 16.0 Å². The summed E-state index contributed by atoms with van der Waals surface area (Å²) in [7, 11) is 1.93. The van der Waals surface area contributed by atoms with Crippen LogP contribution in [0.3, 0.4) is 0 Å². The normalized spacial score (nSPS) is 10.8. The van der Waals surface area contributed by atoms with E-state index in [9.17, 15) is 4.79 Å². The Balaban J connectivity index is 2.97. The lowest BCUT2D eigenvalue weighted by Gasteiger charge is -2.27. The van der Waals surface area contributed by atoms with Crippen molar-refractivity contribution < 1.29 is 4.79 Å². The molecule has 0 radical (unpaired) electrons. The van der Waals surface area contributed by atoms with Crippen molar-refractivity contribution in [3.05, 3.63) is 29.3 Å². The number of benzene rings is 1. The number of aryl methyl sites for hydroxylation is 1. The summed E-state index contributed by atoms with van der Waals surface area (Å²) in [5.41, 5.74) is 8.85. The molecule has 0 spiro atoms. The van der Waals surface area contributed by atoms with E-state index in [2.05, 4.69) is 49.2 Å². The van der Waals surface area contributed by atoms with Gasteiger partial charge in [0, 0.05) is 18.8 Å². The largest absolute Gasteiger partial charge is 0.368 e. The number of anilines is 1. The van der Waals surface area contributed by atoms with E-state index >= 15 is 0 Å². The molecule has 0 aliphatic rings. The Morgan fingerprint density at radius 1 is 1.42 bits per heavy atom. The Bertz CT molecular complexity index is 429. The lowest BCUT2D eigenvalue weighted by Crippen LogP contribution is -2.36. The fourth-order valence-electron chi connectivity index (χ4n) is 2.26. The van der Waals surface area contributed by atoms with Gasteiger partial charge in [0.05, 0.1) is 6.54 Å². The molecule has 19 heavy (non-hydrogen) atoms. The van der Waals surface area contributed by atoms with Gasteiger partial charge in [-0.2, -0.15) is 0 Å². The highest BCUT2D eigenvalue weighted by Gasteiger charge is 2.13. The molecule has 4 heteroatoms. The van der Waals surface area contributed by atoms with Crippen LogP contribution in [0.2, 0.25) is 0 Å². The van der Waals surface area contributed by atoms with Gasteiger partial charge in [-0.3, -0.25) is 4.79 Å². The van der Waals surface area contributed by atoms with Gasteiger partial charge in [0.15, 0.2) is 0 Å². The average Bonchev–Trinajstić information content (AvgIpc) is 2.27. The summed E-state index contributed by atoms with van der Waals surface area (Å²) >= 11 is 0. The number of primary amides is 1. The Morgan fingerprint density at radius 2 is 2.11 bits per heavy atom. The molecule has 1 amide bonds. The minimum atomic E-state index is -0.292. The molecule has 3 N–H and O–H groups in total. The Labute approximate surface area is 116 Å². The van der Waals surface area contributed by atoms with E-state index in [1.807, 2.05) is 7.05 Å². The van der Waals surface area contributed by atoms with Crippen LogP contribution < -0.4 is 16.0 Å². The van der Waals surface area contributed by atoms with Crippen molar-refractivity contribution in [3.63, 3.8) is 0 Å². The first-order valence-corrected chi connectivity index (χ1v) is 6.71. The Hall–Kier alpha value is -1.55. The third-order valence-electron chi connectivity index (χ3n) is 2.92. The van der Waals surface area contributed by atoms with Crippen molar-refractivity contribution in [1.82, 2.24) is 5.32 Å². The number of carbonyl (C=O) groups is 1. The van der Waals surface area contributed by atoms with Crippen LogP contribution in [0.5, 0.6) is 0 Å². The molecule has 0 fully saturated rings. The van der Waals surface area contributed by atoms with E-state index in [1.165, 1.54) is 11.1 Å². The maximum atomic E-state index is 11.2. The van der Waals surface area contributed by atoms with Gasteiger partial charge in [-0.05, 0) is 37.1 Å². The van der Waals surface area contributed by atoms with Gasteiger partial charge in [-0.15, -0.1) is 0 Å². The topological polar surface area (TPSA) is 58.4 Å². The molecule has 1 rings (SSSR count). The van der Waals surface area contributed by atoms with Gasteiger partial charge in [-0.1, -0.05) is 26.0 Å². The first-order valence-electron chi connectivity index (χ1n) is 6.71. The lowest BCUT2D eigenvalue weighted by molar-refractivity contribution is -0.116. The van der Waals surface area contributed by atoms with Gasteiger partial charge >= 0.3 is 0 Å². The highest BCUT2D eigenvalue weighted by atomic mass is 16.1. The van der Waals surface area contributed by atoms with Crippen LogP contribution in [-0.4, -0.2) is 26.0 Å². The summed E-state index contributed by atoms with van der Waals surface area (Å²) < 4.78 is 0. The number of hydrogen-bond acceptors (Lipinski definition) is 3. The second kappa shape index (κ2) is 7.14. The van der Waals surface area contributed by atoms with Crippen molar-refractivity contribution >= 4 is 11.6 Å². The number of carbonyl (C=O) groups excluding carboxylic acids is 1. The maximum Gasteiger partial charge on any atom is 0.236 e. The molecule has 1 aromatic rings. The summed E-state index contributed by atoms with van der Waals surface area (Å²) in [6.07, 6.45) is 0. The van der Waals surface area contributed by atoms with E-state index in [0.717, 1.165) is 18.8 Å². The zero-order chi connectivity index (χ0) is 14.4. The quantitative estimate of drug-likeness (QED) is 0.786. The monoisotopic (exact) mass is 263 g/mol. The van der Waals surface area contributed by atoms with Gasteiger partial charge in [0.1, 0.15) is 0 Å². The van der Waals surface area contributed by atoms with Gasteiger partial charge in [0.25, 0.3) is 0 Å². The number of rotatable bonds is 7. The summed E-state index contributed by atoms with van der Waals surface area (Å²) in [6, 6.07) is 6.32. The minimum Gasteiger partial charge on any atom is -0.368 e. The molecular formula is C15H25N3O. The fraction of sp³-hybridized carbons (Fsp3) is 0.533. The molecule has 0 aliphatic heterocycles. The number of nitrogens with one attached hydrogen (secondary N) is 1. The van der Waals surface area contributed by atoms with E-state index in [0.29, 0.717) is 5.92 Å². The van der Waals surface area contributed by atoms with E-state index in [1.54, 1.807) is 0 Å². The minimum absolute atomic E-state index is 0.268. The third kappa shape index (κ3) is 4.91. The van der Waals surface area contributed by atoms with Crippen molar-refractivity contribution in [2.45, 2.75) is 27.3 Å². The summed E-state index contributed by atoms with van der Waals surface area (Å²) in [6.45, 7) is 8.29. The van der Waals surface area contributed by atoms with Crippen LogP contribution >= 0.6 is 0 Å². The van der Waals surface area contributed by atoms with Crippen LogP contribution in [0.4, 0.5) is 5.69 Å². The molecule has 0 saturated heterocycles. The molecule has 0 unspecified atom stereocenters. The number of hydrogen-bond donors (Lipinski definition) is 2. The lowest BCUT2D eigenvalue weighted by atomic mass is 10.1. The molecule has 106 valence electrons. The molecule has 0 saturated carbocycles. The van der Waals surface area contributed by atoms with E-state index < -0.39 is 0 Å². The molecule has 0 bridgehead atoms. The second-order valence-corrected chi connectivity index (χ2v) is 5.39. The third-order valence-corrected chi connectivity index (χ3v) is 2.92. The van der Waals surface area contributed by atoms with Gasteiger partial charge in [-0.25, -0.2) is 0 Å². The smallest absolute Gasteiger partial charge is 0.236 e. The zero-order valence-electron chi connectivity index (χ0n) is 12.4. The standard InChI is InChI=1S/C15H25N3O/c1-11(2)9-18(10-15(16)19)14-6-5-13(8-17-4)7-12(14)3/h5-7,11,17H,8-10H2,1-4H3,(H2,16,19). The Morgan fingerprint density at radius 3 is 2.58 bits per heavy atom. The molecule has 4 nitrogen and oxygen atoms in total. The fourth-order valence-corrected chi connectivity index (χ4v) is 2.26. The van der Waals surface area contributed by atoms with Crippen LogP contribution in [0, 0.1) is 12.8 Å². The Kier molecular flexibility index (Phi) is 5.83. The van der Waals surface area contributed by atoms with Crippen molar-refractivity contribution in [2.75, 3.05) is 25.0 Å². The van der Waals surface area contributed by atoms with Crippen molar-refractivity contribution in [2.24, 2.45) is 11.7 Å². The number of nitrogens with two attached hydrogens (primary N) is 1. The first kappa shape index (κ1) is 15.5. The predicted molar refractivity (Wildman–Crippen MR) is 80.2 cm³/mol. The SMILES string of the molecule is CNCc1ccc(N(CC(N)=O)CC(C)C)c(C)c1. The molecule has 0 aromatic heterocycles. The summed E-state index contributed by atoms with van der Waals surface area (Å²) in [4.78, 5) is 13.3. The van der Waals surface area contributed by atoms with Gasteiger partial charge in [0.2, 0.25) is 5.91 Å². The van der Waals surface area contributed by atoms with Crippen LogP contribution in [0.1, 0.15) is 25.0 Å². The molecule has 1 aromatic carbocycles. The highest BCUT2D eigenvalue weighted by Crippen LogP contribution is 2.22.